The molecule has 1 aromatic rings. The van der Waals surface area contributed by atoms with Gasteiger partial charge in [-0.3, -0.25) is 4.68 Å². The second kappa shape index (κ2) is 10.7. The second-order valence-electron chi connectivity index (χ2n) is 2.22. The molecular formula is C11H20FN3. The normalized spacial score (nSPS) is 7.80. The van der Waals surface area contributed by atoms with E-state index in [9.17, 15) is 4.39 Å². The Labute approximate surface area is 91.5 Å². The molecule has 0 aliphatic heterocycles. The van der Waals surface area contributed by atoms with E-state index in [0.717, 1.165) is 5.56 Å². The first-order valence-electron chi connectivity index (χ1n) is 5.28. The summed E-state index contributed by atoms with van der Waals surface area (Å²) in [6, 6.07) is 1.92. The highest BCUT2D eigenvalue weighted by atomic mass is 19.1. The van der Waals surface area contributed by atoms with Crippen LogP contribution < -0.4 is 0 Å². The van der Waals surface area contributed by atoms with Gasteiger partial charge in [-0.25, -0.2) is 4.39 Å². The number of hydrogen-bond donors (Lipinski definition) is 0. The van der Waals surface area contributed by atoms with Crippen LogP contribution >= 0.6 is 0 Å². The van der Waals surface area contributed by atoms with Gasteiger partial charge in [0.15, 0.2) is 5.69 Å². The Morgan fingerprint density at radius 1 is 1.40 bits per heavy atom. The molecule has 0 aliphatic carbocycles. The van der Waals surface area contributed by atoms with Crippen LogP contribution in [0.15, 0.2) is 6.20 Å². The van der Waals surface area contributed by atoms with E-state index in [1.165, 1.54) is 4.68 Å². The van der Waals surface area contributed by atoms with E-state index in [1.54, 1.807) is 13.1 Å². The first-order chi connectivity index (χ1) is 7.27. The van der Waals surface area contributed by atoms with E-state index in [4.69, 9.17) is 5.26 Å². The molecule has 0 aliphatic rings. The fourth-order valence-electron chi connectivity index (χ4n) is 0.833. The predicted octanol–water partition coefficient (Wildman–Crippen LogP) is 3.09. The van der Waals surface area contributed by atoms with Gasteiger partial charge in [0, 0.05) is 11.8 Å². The molecule has 1 aromatic heterocycles. The molecule has 0 N–H and O–H groups in total. The van der Waals surface area contributed by atoms with Gasteiger partial charge in [0.25, 0.3) is 0 Å². The molecule has 0 amide bonds. The Kier molecular flexibility index (Phi) is 11.5. The van der Waals surface area contributed by atoms with Gasteiger partial charge in [0.05, 0.1) is 6.54 Å². The van der Waals surface area contributed by atoms with E-state index < -0.39 is 6.67 Å². The van der Waals surface area contributed by atoms with Crippen LogP contribution in [0.5, 0.6) is 0 Å². The summed E-state index contributed by atoms with van der Waals surface area (Å²) in [6.45, 7) is 9.55. The van der Waals surface area contributed by atoms with Gasteiger partial charge in [0.2, 0.25) is 0 Å². The third-order valence-electron chi connectivity index (χ3n) is 1.36. The molecule has 3 nitrogen and oxygen atoms in total. The van der Waals surface area contributed by atoms with Crippen LogP contribution in [-0.4, -0.2) is 16.5 Å². The number of nitriles is 1. The van der Waals surface area contributed by atoms with E-state index in [0.29, 0.717) is 5.69 Å². The van der Waals surface area contributed by atoms with Gasteiger partial charge >= 0.3 is 0 Å². The summed E-state index contributed by atoms with van der Waals surface area (Å²) in [4.78, 5) is 0. The van der Waals surface area contributed by atoms with Crippen molar-refractivity contribution >= 4 is 0 Å². The summed E-state index contributed by atoms with van der Waals surface area (Å²) in [5, 5.41) is 12.3. The summed E-state index contributed by atoms with van der Waals surface area (Å²) in [5.74, 6) is 0. The standard InChI is InChI=1S/C7H8FN3.2C2H6/c1-6-5-11(3-2-8)10-7(6)4-9;2*1-2/h5H,2-3H2,1H3;2*1-2H3. The first-order valence-corrected chi connectivity index (χ1v) is 5.28. The summed E-state index contributed by atoms with van der Waals surface area (Å²) in [5.41, 5.74) is 1.17. The first kappa shape index (κ1) is 16.1. The zero-order chi connectivity index (χ0) is 12.3. The number of rotatable bonds is 2. The molecule has 1 heterocycles. The van der Waals surface area contributed by atoms with Crippen LogP contribution in [0, 0.1) is 18.3 Å². The minimum absolute atomic E-state index is 0.225. The Balaban J connectivity index is 0. The summed E-state index contributed by atoms with van der Waals surface area (Å²) in [7, 11) is 0. The topological polar surface area (TPSA) is 41.6 Å². The summed E-state index contributed by atoms with van der Waals surface area (Å²) in [6.07, 6.45) is 1.66. The lowest BCUT2D eigenvalue weighted by molar-refractivity contribution is 0.427. The molecule has 0 radical (unpaired) electrons. The molecule has 1 rings (SSSR count). The van der Waals surface area contributed by atoms with Gasteiger partial charge in [-0.2, -0.15) is 10.4 Å². The average molecular weight is 213 g/mol. The van der Waals surface area contributed by atoms with Crippen molar-refractivity contribution < 1.29 is 4.39 Å². The average Bonchev–Trinajstić information content (AvgIpc) is 2.65. The molecule has 0 saturated heterocycles. The minimum atomic E-state index is -0.452. The van der Waals surface area contributed by atoms with Crippen molar-refractivity contribution in [2.24, 2.45) is 0 Å². The largest absolute Gasteiger partial charge is 0.269 e. The zero-order valence-electron chi connectivity index (χ0n) is 10.2. The molecule has 0 fully saturated rings. The van der Waals surface area contributed by atoms with E-state index in [1.807, 2.05) is 33.8 Å². The van der Waals surface area contributed by atoms with Crippen molar-refractivity contribution in [2.75, 3.05) is 6.67 Å². The van der Waals surface area contributed by atoms with E-state index >= 15 is 0 Å². The van der Waals surface area contributed by atoms with Gasteiger partial charge in [-0.1, -0.05) is 27.7 Å². The Morgan fingerprint density at radius 3 is 2.27 bits per heavy atom. The maximum absolute atomic E-state index is 11.8. The third-order valence-corrected chi connectivity index (χ3v) is 1.36. The van der Waals surface area contributed by atoms with Crippen LogP contribution in [0.1, 0.15) is 39.0 Å². The van der Waals surface area contributed by atoms with Crippen molar-refractivity contribution in [3.05, 3.63) is 17.5 Å². The quantitative estimate of drug-likeness (QED) is 0.757. The third kappa shape index (κ3) is 5.84. The molecule has 15 heavy (non-hydrogen) atoms. The van der Waals surface area contributed by atoms with Crippen molar-refractivity contribution in [3.8, 4) is 6.07 Å². The number of hydrogen-bond acceptors (Lipinski definition) is 2. The molecule has 4 heteroatoms. The Morgan fingerprint density at radius 2 is 1.93 bits per heavy atom. The van der Waals surface area contributed by atoms with Gasteiger partial charge < -0.3 is 0 Å². The number of aryl methyl sites for hydroxylation is 2. The van der Waals surface area contributed by atoms with E-state index in [-0.39, 0.29) is 6.54 Å². The Hall–Kier alpha value is -1.37. The molecule has 0 bridgehead atoms. The van der Waals surface area contributed by atoms with Crippen LogP contribution in [0.3, 0.4) is 0 Å². The molecule has 86 valence electrons. The van der Waals surface area contributed by atoms with Crippen LogP contribution in [0.25, 0.3) is 0 Å². The lowest BCUT2D eigenvalue weighted by atomic mass is 10.3. The zero-order valence-corrected chi connectivity index (χ0v) is 10.2. The predicted molar refractivity (Wildman–Crippen MR) is 60.4 cm³/mol. The maximum Gasteiger partial charge on any atom is 0.165 e. The number of halogens is 1. The second-order valence-corrected chi connectivity index (χ2v) is 2.22. The Bertz CT molecular complexity index is 287. The SMILES string of the molecule is CC.CC.Cc1cn(CCF)nc1C#N. The van der Waals surface area contributed by atoms with E-state index in [2.05, 4.69) is 5.10 Å². The van der Waals surface area contributed by atoms with Crippen LogP contribution in [-0.2, 0) is 6.54 Å². The van der Waals surface area contributed by atoms with Crippen molar-refractivity contribution in [3.63, 3.8) is 0 Å². The fraction of sp³-hybridized carbons (Fsp3) is 0.636. The molecule has 0 aromatic carbocycles. The van der Waals surface area contributed by atoms with Crippen LogP contribution in [0.2, 0.25) is 0 Å². The minimum Gasteiger partial charge on any atom is -0.269 e. The van der Waals surface area contributed by atoms with Gasteiger partial charge in [-0.05, 0) is 6.92 Å². The molecule has 0 spiro atoms. The highest BCUT2D eigenvalue weighted by Crippen LogP contribution is 2.02. The summed E-state index contributed by atoms with van der Waals surface area (Å²) < 4.78 is 13.2. The monoisotopic (exact) mass is 213 g/mol. The van der Waals surface area contributed by atoms with Gasteiger partial charge in [-0.15, -0.1) is 0 Å². The van der Waals surface area contributed by atoms with Gasteiger partial charge in [0.1, 0.15) is 12.7 Å². The molecule has 0 unspecified atom stereocenters. The van der Waals surface area contributed by atoms with Crippen molar-refractivity contribution in [1.29, 1.82) is 5.26 Å². The number of alkyl halides is 1. The lowest BCUT2D eigenvalue weighted by Crippen LogP contribution is -1.99. The maximum atomic E-state index is 11.8. The fourth-order valence-corrected chi connectivity index (χ4v) is 0.833. The lowest BCUT2D eigenvalue weighted by Gasteiger charge is -1.91. The molecular weight excluding hydrogens is 193 g/mol. The van der Waals surface area contributed by atoms with Crippen LogP contribution in [0.4, 0.5) is 4.39 Å². The highest BCUT2D eigenvalue weighted by molar-refractivity contribution is 5.27. The smallest absolute Gasteiger partial charge is 0.165 e. The number of aromatic nitrogens is 2. The molecule has 0 atom stereocenters. The van der Waals surface area contributed by atoms with Crippen molar-refractivity contribution in [2.45, 2.75) is 41.2 Å². The molecule has 0 saturated carbocycles. The highest BCUT2D eigenvalue weighted by Gasteiger charge is 2.01. The summed E-state index contributed by atoms with van der Waals surface area (Å²) >= 11 is 0. The number of nitrogens with zero attached hydrogens (tertiary/aromatic N) is 3. The van der Waals surface area contributed by atoms with Crippen molar-refractivity contribution in [1.82, 2.24) is 9.78 Å².